The molecule has 1 amide bonds. The minimum Gasteiger partial charge on any atom is -0.469 e. The van der Waals surface area contributed by atoms with Gasteiger partial charge in [0.1, 0.15) is 0 Å². The third-order valence-electron chi connectivity index (χ3n) is 6.35. The molecule has 32 heavy (non-hydrogen) atoms. The van der Waals surface area contributed by atoms with E-state index in [1.165, 1.54) is 23.5 Å². The van der Waals surface area contributed by atoms with Crippen LogP contribution in [-0.4, -0.2) is 40.0 Å². The van der Waals surface area contributed by atoms with Gasteiger partial charge in [0.2, 0.25) is 0 Å². The van der Waals surface area contributed by atoms with Crippen LogP contribution < -0.4 is 9.62 Å². The normalized spacial score (nSPS) is 20.8. The van der Waals surface area contributed by atoms with Crippen LogP contribution in [0.3, 0.4) is 0 Å². The predicted octanol–water partition coefficient (Wildman–Crippen LogP) is 3.29. The minimum absolute atomic E-state index is 0.0439. The Hall–Kier alpha value is -2.87. The Kier molecular flexibility index (Phi) is 6.50. The Morgan fingerprint density at radius 3 is 2.53 bits per heavy atom. The molecule has 2 aromatic rings. The maximum Gasteiger partial charge on any atom is 0.308 e. The van der Waals surface area contributed by atoms with E-state index in [9.17, 15) is 18.0 Å². The molecule has 2 aliphatic rings. The van der Waals surface area contributed by atoms with Crippen molar-refractivity contribution >= 4 is 27.6 Å². The lowest BCUT2D eigenvalue weighted by Crippen LogP contribution is -2.39. The smallest absolute Gasteiger partial charge is 0.308 e. The van der Waals surface area contributed by atoms with Gasteiger partial charge in [-0.3, -0.25) is 13.9 Å². The van der Waals surface area contributed by atoms with E-state index in [4.69, 9.17) is 4.74 Å². The monoisotopic (exact) mass is 456 g/mol. The molecule has 1 N–H and O–H groups in total. The van der Waals surface area contributed by atoms with Crippen LogP contribution in [0.15, 0.2) is 53.4 Å². The number of nitrogens with zero attached hydrogens (tertiary/aromatic N) is 1. The van der Waals surface area contributed by atoms with Gasteiger partial charge in [0.05, 0.1) is 23.6 Å². The van der Waals surface area contributed by atoms with Gasteiger partial charge in [-0.15, -0.1) is 0 Å². The van der Waals surface area contributed by atoms with Gasteiger partial charge in [0.25, 0.3) is 15.9 Å². The SMILES string of the molecule is COC(=O)C1CCC(NC(=O)c2cccc(S(=O)(=O)N3CCCc4ccccc43)c2)CC1. The number of hydrogen-bond donors (Lipinski definition) is 1. The lowest BCUT2D eigenvalue weighted by atomic mass is 9.86. The molecule has 1 aliphatic carbocycles. The van der Waals surface area contributed by atoms with Crippen LogP contribution >= 0.6 is 0 Å². The summed E-state index contributed by atoms with van der Waals surface area (Å²) >= 11 is 0. The van der Waals surface area contributed by atoms with E-state index in [1.54, 1.807) is 12.1 Å². The fourth-order valence-corrected chi connectivity index (χ4v) is 6.17. The summed E-state index contributed by atoms with van der Waals surface area (Å²) in [6.07, 6.45) is 4.32. The third-order valence-corrected chi connectivity index (χ3v) is 8.16. The predicted molar refractivity (Wildman–Crippen MR) is 121 cm³/mol. The number of nitrogens with one attached hydrogen (secondary N) is 1. The van der Waals surface area contributed by atoms with Gasteiger partial charge in [0, 0.05) is 18.2 Å². The molecular formula is C24H28N2O5S. The Bertz CT molecular complexity index is 1110. The van der Waals surface area contributed by atoms with Crippen LogP contribution in [0.25, 0.3) is 0 Å². The fourth-order valence-electron chi connectivity index (χ4n) is 4.58. The van der Waals surface area contributed by atoms with E-state index in [1.807, 2.05) is 24.3 Å². The molecule has 0 aromatic heterocycles. The molecule has 7 nitrogen and oxygen atoms in total. The average molecular weight is 457 g/mol. The van der Waals surface area contributed by atoms with Gasteiger partial charge in [-0.25, -0.2) is 8.42 Å². The second-order valence-corrected chi connectivity index (χ2v) is 10.2. The highest BCUT2D eigenvalue weighted by atomic mass is 32.2. The zero-order valence-corrected chi connectivity index (χ0v) is 18.9. The maximum atomic E-state index is 13.4. The molecule has 4 rings (SSSR count). The molecule has 170 valence electrons. The number of anilines is 1. The Balaban J connectivity index is 1.48. The number of para-hydroxylation sites is 1. The molecule has 0 atom stereocenters. The summed E-state index contributed by atoms with van der Waals surface area (Å²) < 4.78 is 33.0. The van der Waals surface area contributed by atoms with Gasteiger partial charge >= 0.3 is 5.97 Å². The number of carbonyl (C=O) groups is 2. The molecule has 2 aromatic carbocycles. The molecule has 1 heterocycles. The number of fused-ring (bicyclic) bond motifs is 1. The van der Waals surface area contributed by atoms with Crippen molar-refractivity contribution < 1.29 is 22.7 Å². The van der Waals surface area contributed by atoms with E-state index >= 15 is 0 Å². The van der Waals surface area contributed by atoms with Gasteiger partial charge in [-0.2, -0.15) is 0 Å². The minimum atomic E-state index is -3.78. The van der Waals surface area contributed by atoms with Crippen molar-refractivity contribution in [2.24, 2.45) is 5.92 Å². The quantitative estimate of drug-likeness (QED) is 0.697. The molecular weight excluding hydrogens is 428 g/mol. The number of ether oxygens (including phenoxy) is 1. The van der Waals surface area contributed by atoms with E-state index in [-0.39, 0.29) is 28.7 Å². The Morgan fingerprint density at radius 1 is 1.03 bits per heavy atom. The van der Waals surface area contributed by atoms with Crippen LogP contribution in [0.2, 0.25) is 0 Å². The fraction of sp³-hybridized carbons (Fsp3) is 0.417. The largest absolute Gasteiger partial charge is 0.469 e. The van der Waals surface area contributed by atoms with E-state index < -0.39 is 10.0 Å². The van der Waals surface area contributed by atoms with Gasteiger partial charge in [-0.05, 0) is 68.4 Å². The highest BCUT2D eigenvalue weighted by Gasteiger charge is 2.30. The van der Waals surface area contributed by atoms with E-state index in [0.29, 0.717) is 43.5 Å². The number of methoxy groups -OCH3 is 1. The lowest BCUT2D eigenvalue weighted by molar-refractivity contribution is -0.146. The van der Waals surface area contributed by atoms with Crippen LogP contribution in [-0.2, 0) is 26.0 Å². The van der Waals surface area contributed by atoms with E-state index in [0.717, 1.165) is 18.4 Å². The zero-order valence-electron chi connectivity index (χ0n) is 18.1. The summed E-state index contributed by atoms with van der Waals surface area (Å²) in [5, 5.41) is 2.99. The Labute approximate surface area is 188 Å². The van der Waals surface area contributed by atoms with Crippen LogP contribution in [0.4, 0.5) is 5.69 Å². The first kappa shape index (κ1) is 22.3. The number of hydrogen-bond acceptors (Lipinski definition) is 5. The molecule has 1 saturated carbocycles. The van der Waals surface area contributed by atoms with Crippen molar-refractivity contribution in [2.75, 3.05) is 18.0 Å². The first-order valence-electron chi connectivity index (χ1n) is 11.0. The second-order valence-electron chi connectivity index (χ2n) is 8.38. The van der Waals surface area contributed by atoms with Crippen molar-refractivity contribution in [1.29, 1.82) is 0 Å². The van der Waals surface area contributed by atoms with E-state index in [2.05, 4.69) is 5.32 Å². The molecule has 0 radical (unpaired) electrons. The standard InChI is InChI=1S/C24H28N2O5S/c1-31-24(28)18-11-13-20(14-12-18)25-23(27)19-7-4-9-21(16-19)32(29,30)26-15-5-8-17-6-2-3-10-22(17)26/h2-4,6-7,9-10,16,18,20H,5,8,11-15H2,1H3,(H,25,27). The zero-order chi connectivity index (χ0) is 22.7. The summed E-state index contributed by atoms with van der Waals surface area (Å²) in [6, 6.07) is 13.7. The molecule has 8 heteroatoms. The van der Waals surface area contributed by atoms with Crippen LogP contribution in [0.1, 0.15) is 48.0 Å². The Morgan fingerprint density at radius 2 is 1.78 bits per heavy atom. The summed E-state index contributed by atoms with van der Waals surface area (Å²) in [4.78, 5) is 24.6. The van der Waals surface area contributed by atoms with Crippen molar-refractivity contribution in [3.63, 3.8) is 0 Å². The first-order valence-corrected chi connectivity index (χ1v) is 12.4. The first-order chi connectivity index (χ1) is 15.4. The molecule has 0 spiro atoms. The number of rotatable bonds is 5. The second kappa shape index (κ2) is 9.32. The number of sulfonamides is 1. The number of aryl methyl sites for hydroxylation is 1. The number of esters is 1. The van der Waals surface area contributed by atoms with Crippen molar-refractivity contribution in [2.45, 2.75) is 49.5 Å². The lowest BCUT2D eigenvalue weighted by Gasteiger charge is -2.30. The molecule has 1 aliphatic heterocycles. The number of carbonyl (C=O) groups excluding carboxylic acids is 2. The molecule has 0 bridgehead atoms. The molecule has 0 unspecified atom stereocenters. The maximum absolute atomic E-state index is 13.4. The van der Waals surface area contributed by atoms with Gasteiger partial charge < -0.3 is 10.1 Å². The molecule has 0 saturated heterocycles. The van der Waals surface area contributed by atoms with Gasteiger partial charge in [0.15, 0.2) is 0 Å². The van der Waals surface area contributed by atoms with Crippen molar-refractivity contribution in [3.05, 3.63) is 59.7 Å². The van der Waals surface area contributed by atoms with Crippen LogP contribution in [0, 0.1) is 5.92 Å². The van der Waals surface area contributed by atoms with Crippen molar-refractivity contribution in [3.8, 4) is 0 Å². The van der Waals surface area contributed by atoms with Gasteiger partial charge in [-0.1, -0.05) is 24.3 Å². The summed E-state index contributed by atoms with van der Waals surface area (Å²) in [5.74, 6) is -0.622. The summed E-state index contributed by atoms with van der Waals surface area (Å²) in [6.45, 7) is 0.416. The number of benzene rings is 2. The average Bonchev–Trinajstić information content (AvgIpc) is 2.83. The highest BCUT2D eigenvalue weighted by Crippen LogP contribution is 2.32. The molecule has 1 fully saturated rings. The number of amides is 1. The highest BCUT2D eigenvalue weighted by molar-refractivity contribution is 7.92. The van der Waals surface area contributed by atoms with Crippen LogP contribution in [0.5, 0.6) is 0 Å². The topological polar surface area (TPSA) is 92.8 Å². The third kappa shape index (κ3) is 4.50. The summed E-state index contributed by atoms with van der Waals surface area (Å²) in [5.41, 5.74) is 2.03. The van der Waals surface area contributed by atoms with Crippen molar-refractivity contribution in [1.82, 2.24) is 5.32 Å². The summed E-state index contributed by atoms with van der Waals surface area (Å²) in [7, 11) is -2.39.